The number of anilines is 1. The minimum atomic E-state index is -0.126. The predicted octanol–water partition coefficient (Wildman–Crippen LogP) is 4.10. The van der Waals surface area contributed by atoms with Crippen LogP contribution in [0.4, 0.5) is 5.69 Å². The molecule has 0 amide bonds. The van der Waals surface area contributed by atoms with Crippen LogP contribution in [-0.2, 0) is 0 Å². The second-order valence-corrected chi connectivity index (χ2v) is 5.19. The highest BCUT2D eigenvalue weighted by atomic mass is 35.5. The summed E-state index contributed by atoms with van der Waals surface area (Å²) in [7, 11) is 0. The number of rotatable bonds is 4. The van der Waals surface area contributed by atoms with E-state index in [4.69, 9.17) is 11.6 Å². The second-order valence-electron chi connectivity index (χ2n) is 4.75. The molecule has 2 aromatic rings. The maximum atomic E-state index is 9.61. The average Bonchev–Trinajstić information content (AvgIpc) is 2.37. The standard InChI is InChI=1S/C16H18ClNO/c1-11-6-7-15(12(2)8-11)16(10-19)18-14-5-3-4-13(17)9-14/h3-9,16,18-19H,10H2,1-2H3. The molecule has 0 fully saturated rings. The largest absolute Gasteiger partial charge is 0.394 e. The highest BCUT2D eigenvalue weighted by Gasteiger charge is 2.12. The fraction of sp³-hybridized carbons (Fsp3) is 0.250. The SMILES string of the molecule is Cc1ccc(C(CO)Nc2cccc(Cl)c2)c(C)c1. The molecule has 0 radical (unpaired) electrons. The summed E-state index contributed by atoms with van der Waals surface area (Å²) < 4.78 is 0. The Bertz CT molecular complexity index is 568. The molecule has 3 heteroatoms. The monoisotopic (exact) mass is 275 g/mol. The third-order valence-corrected chi connectivity index (χ3v) is 3.38. The molecule has 2 rings (SSSR count). The molecule has 2 aromatic carbocycles. The van der Waals surface area contributed by atoms with E-state index in [0.717, 1.165) is 11.3 Å². The van der Waals surface area contributed by atoms with Gasteiger partial charge in [-0.2, -0.15) is 0 Å². The van der Waals surface area contributed by atoms with Gasteiger partial charge >= 0.3 is 0 Å². The molecule has 2 N–H and O–H groups in total. The third kappa shape index (κ3) is 3.49. The molecule has 0 aromatic heterocycles. The normalized spacial score (nSPS) is 12.2. The van der Waals surface area contributed by atoms with E-state index in [-0.39, 0.29) is 12.6 Å². The maximum Gasteiger partial charge on any atom is 0.0747 e. The Morgan fingerprint density at radius 2 is 1.95 bits per heavy atom. The first-order chi connectivity index (χ1) is 9.10. The van der Waals surface area contributed by atoms with Gasteiger partial charge in [0.2, 0.25) is 0 Å². The number of benzene rings is 2. The predicted molar refractivity (Wildman–Crippen MR) is 80.8 cm³/mol. The maximum absolute atomic E-state index is 9.61. The fourth-order valence-corrected chi connectivity index (χ4v) is 2.41. The lowest BCUT2D eigenvalue weighted by Gasteiger charge is -2.20. The summed E-state index contributed by atoms with van der Waals surface area (Å²) in [6, 6.07) is 13.6. The highest BCUT2D eigenvalue weighted by Crippen LogP contribution is 2.24. The molecule has 1 atom stereocenters. The van der Waals surface area contributed by atoms with Crippen LogP contribution in [0.1, 0.15) is 22.7 Å². The third-order valence-electron chi connectivity index (χ3n) is 3.15. The van der Waals surface area contributed by atoms with Crippen LogP contribution >= 0.6 is 11.6 Å². The lowest BCUT2D eigenvalue weighted by molar-refractivity contribution is 0.276. The van der Waals surface area contributed by atoms with Crippen molar-refractivity contribution in [3.05, 3.63) is 64.2 Å². The quantitative estimate of drug-likeness (QED) is 0.880. The van der Waals surface area contributed by atoms with Crippen molar-refractivity contribution >= 4 is 17.3 Å². The molecule has 0 aliphatic rings. The van der Waals surface area contributed by atoms with Gasteiger partial charge in [0, 0.05) is 10.7 Å². The highest BCUT2D eigenvalue weighted by molar-refractivity contribution is 6.30. The van der Waals surface area contributed by atoms with E-state index in [9.17, 15) is 5.11 Å². The van der Waals surface area contributed by atoms with Crippen molar-refractivity contribution in [1.82, 2.24) is 0 Å². The van der Waals surface area contributed by atoms with Gasteiger partial charge in [0.25, 0.3) is 0 Å². The average molecular weight is 276 g/mol. The van der Waals surface area contributed by atoms with Crippen molar-refractivity contribution in [2.45, 2.75) is 19.9 Å². The van der Waals surface area contributed by atoms with Crippen LogP contribution in [0.15, 0.2) is 42.5 Å². The zero-order valence-electron chi connectivity index (χ0n) is 11.2. The van der Waals surface area contributed by atoms with Crippen LogP contribution in [0.25, 0.3) is 0 Å². The van der Waals surface area contributed by atoms with Gasteiger partial charge in [-0.25, -0.2) is 0 Å². The summed E-state index contributed by atoms with van der Waals surface area (Å²) in [4.78, 5) is 0. The van der Waals surface area contributed by atoms with E-state index < -0.39 is 0 Å². The van der Waals surface area contributed by atoms with E-state index in [2.05, 4.69) is 37.4 Å². The number of aryl methyl sites for hydroxylation is 2. The molecule has 0 aliphatic carbocycles. The molecule has 0 spiro atoms. The first-order valence-electron chi connectivity index (χ1n) is 6.30. The zero-order valence-corrected chi connectivity index (χ0v) is 11.9. The molecule has 19 heavy (non-hydrogen) atoms. The van der Waals surface area contributed by atoms with Gasteiger partial charge in [-0.05, 0) is 43.2 Å². The molecule has 0 aliphatic heterocycles. The molecule has 0 heterocycles. The van der Waals surface area contributed by atoms with Crippen LogP contribution in [0.5, 0.6) is 0 Å². The van der Waals surface area contributed by atoms with Gasteiger partial charge in [-0.15, -0.1) is 0 Å². The summed E-state index contributed by atoms with van der Waals surface area (Å²) in [6.45, 7) is 4.16. The summed E-state index contributed by atoms with van der Waals surface area (Å²) in [5, 5.41) is 13.6. The summed E-state index contributed by atoms with van der Waals surface area (Å²) >= 11 is 5.97. The van der Waals surface area contributed by atoms with E-state index in [1.54, 1.807) is 0 Å². The van der Waals surface area contributed by atoms with Gasteiger partial charge < -0.3 is 10.4 Å². The Kier molecular flexibility index (Phi) is 4.46. The first kappa shape index (κ1) is 13.9. The van der Waals surface area contributed by atoms with Crippen molar-refractivity contribution in [2.24, 2.45) is 0 Å². The van der Waals surface area contributed by atoms with Gasteiger partial charge in [-0.3, -0.25) is 0 Å². The van der Waals surface area contributed by atoms with Crippen LogP contribution < -0.4 is 5.32 Å². The summed E-state index contributed by atoms with van der Waals surface area (Å²) in [6.07, 6.45) is 0. The molecule has 2 nitrogen and oxygen atoms in total. The Labute approximate surface area is 119 Å². The van der Waals surface area contributed by atoms with Crippen molar-refractivity contribution in [3.8, 4) is 0 Å². The van der Waals surface area contributed by atoms with Crippen LogP contribution in [0, 0.1) is 13.8 Å². The fourth-order valence-electron chi connectivity index (χ4n) is 2.22. The van der Waals surface area contributed by atoms with Gasteiger partial charge in [0.1, 0.15) is 0 Å². The minimum Gasteiger partial charge on any atom is -0.394 e. The summed E-state index contributed by atoms with van der Waals surface area (Å²) in [5.41, 5.74) is 4.41. The van der Waals surface area contributed by atoms with Crippen molar-refractivity contribution in [2.75, 3.05) is 11.9 Å². The zero-order chi connectivity index (χ0) is 13.8. The molecule has 100 valence electrons. The molecule has 0 saturated carbocycles. The topological polar surface area (TPSA) is 32.3 Å². The number of aliphatic hydroxyl groups is 1. The minimum absolute atomic E-state index is 0.0381. The Morgan fingerprint density at radius 1 is 1.16 bits per heavy atom. The lowest BCUT2D eigenvalue weighted by atomic mass is 9.99. The smallest absolute Gasteiger partial charge is 0.0747 e. The van der Waals surface area contributed by atoms with Crippen LogP contribution in [0.3, 0.4) is 0 Å². The Morgan fingerprint density at radius 3 is 2.58 bits per heavy atom. The van der Waals surface area contributed by atoms with Gasteiger partial charge in [0.05, 0.1) is 12.6 Å². The van der Waals surface area contributed by atoms with Crippen LogP contribution in [-0.4, -0.2) is 11.7 Å². The molecule has 1 unspecified atom stereocenters. The number of halogens is 1. The van der Waals surface area contributed by atoms with Crippen molar-refractivity contribution in [3.63, 3.8) is 0 Å². The van der Waals surface area contributed by atoms with Crippen LogP contribution in [0.2, 0.25) is 5.02 Å². The van der Waals surface area contributed by atoms with E-state index in [1.807, 2.05) is 24.3 Å². The first-order valence-corrected chi connectivity index (χ1v) is 6.68. The van der Waals surface area contributed by atoms with Gasteiger partial charge in [0.15, 0.2) is 0 Å². The van der Waals surface area contributed by atoms with Gasteiger partial charge in [-0.1, -0.05) is 41.4 Å². The number of aliphatic hydroxyl groups excluding tert-OH is 1. The van der Waals surface area contributed by atoms with E-state index in [0.29, 0.717) is 5.02 Å². The second kappa shape index (κ2) is 6.09. The van der Waals surface area contributed by atoms with E-state index in [1.165, 1.54) is 11.1 Å². The molecule has 0 saturated heterocycles. The number of hydrogen-bond acceptors (Lipinski definition) is 2. The lowest BCUT2D eigenvalue weighted by Crippen LogP contribution is -2.16. The summed E-state index contributed by atoms with van der Waals surface area (Å²) in [5.74, 6) is 0. The molecular formula is C16H18ClNO. The molecular weight excluding hydrogens is 258 g/mol. The Hall–Kier alpha value is -1.51. The van der Waals surface area contributed by atoms with Crippen molar-refractivity contribution < 1.29 is 5.11 Å². The number of hydrogen-bond donors (Lipinski definition) is 2. The van der Waals surface area contributed by atoms with Crippen molar-refractivity contribution in [1.29, 1.82) is 0 Å². The Balaban J connectivity index is 2.25. The number of nitrogens with one attached hydrogen (secondary N) is 1. The van der Waals surface area contributed by atoms with E-state index >= 15 is 0 Å². The molecule has 0 bridgehead atoms.